The van der Waals surface area contributed by atoms with Crippen LogP contribution < -0.4 is 5.73 Å². The molecule has 0 radical (unpaired) electrons. The summed E-state index contributed by atoms with van der Waals surface area (Å²) in [4.78, 5) is 11.7. The molecule has 7 heteroatoms. The fourth-order valence-corrected chi connectivity index (χ4v) is 3.03. The monoisotopic (exact) mass is 326 g/mol. The van der Waals surface area contributed by atoms with Gasteiger partial charge in [-0.15, -0.1) is 11.3 Å². The minimum atomic E-state index is -3.24. The van der Waals surface area contributed by atoms with Crippen molar-refractivity contribution >= 4 is 27.3 Å². The summed E-state index contributed by atoms with van der Waals surface area (Å²) in [5, 5.41) is 1.93. The number of amides is 1. The molecule has 0 fully saturated rings. The topological polar surface area (TPSA) is 80.5 Å². The van der Waals surface area contributed by atoms with Crippen LogP contribution in [0.25, 0.3) is 0 Å². The summed E-state index contributed by atoms with van der Waals surface area (Å²) in [6.07, 6.45) is 0.373. The summed E-state index contributed by atoms with van der Waals surface area (Å²) >= 11 is 1.55. The Morgan fingerprint density at radius 1 is 1.14 bits per heavy atom. The lowest BCUT2D eigenvalue weighted by atomic mass is 10.3. The Balaban J connectivity index is 0.000000219. The SMILES string of the molecule is CN(C)S(=O)(=O)c1ccccc1.NC(=O)Cc1cccs1. The number of benzene rings is 1. The highest BCUT2D eigenvalue weighted by Gasteiger charge is 2.15. The molecule has 0 aliphatic carbocycles. The van der Waals surface area contributed by atoms with Gasteiger partial charge in [-0.3, -0.25) is 4.79 Å². The Morgan fingerprint density at radius 2 is 1.76 bits per heavy atom. The Hall–Kier alpha value is -1.70. The first-order chi connectivity index (χ1) is 9.84. The van der Waals surface area contributed by atoms with Crippen LogP contribution in [-0.4, -0.2) is 32.7 Å². The fraction of sp³-hybridized carbons (Fsp3) is 0.214. The second-order valence-electron chi connectivity index (χ2n) is 4.32. The van der Waals surface area contributed by atoms with Gasteiger partial charge in [0.15, 0.2) is 0 Å². The highest BCUT2D eigenvalue weighted by atomic mass is 32.2. The van der Waals surface area contributed by atoms with E-state index in [2.05, 4.69) is 0 Å². The van der Waals surface area contributed by atoms with E-state index in [0.717, 1.165) is 4.88 Å². The van der Waals surface area contributed by atoms with E-state index in [1.54, 1.807) is 41.7 Å². The van der Waals surface area contributed by atoms with Crippen LogP contribution >= 0.6 is 11.3 Å². The van der Waals surface area contributed by atoms with Crippen molar-refractivity contribution in [3.8, 4) is 0 Å². The van der Waals surface area contributed by atoms with Gasteiger partial charge in [-0.25, -0.2) is 12.7 Å². The van der Waals surface area contributed by atoms with Crippen molar-refractivity contribution in [3.05, 3.63) is 52.7 Å². The van der Waals surface area contributed by atoms with E-state index in [0.29, 0.717) is 11.3 Å². The molecule has 1 aromatic heterocycles. The van der Waals surface area contributed by atoms with Gasteiger partial charge in [-0.1, -0.05) is 24.3 Å². The minimum Gasteiger partial charge on any atom is -0.369 e. The van der Waals surface area contributed by atoms with Crippen molar-refractivity contribution in [3.63, 3.8) is 0 Å². The first-order valence-electron chi connectivity index (χ1n) is 6.12. The van der Waals surface area contributed by atoms with E-state index < -0.39 is 10.0 Å². The summed E-state index contributed by atoms with van der Waals surface area (Å²) in [6, 6.07) is 12.2. The predicted molar refractivity (Wildman–Crippen MR) is 84.5 cm³/mol. The Labute approximate surface area is 129 Å². The lowest BCUT2D eigenvalue weighted by Crippen LogP contribution is -2.21. The fourth-order valence-electron chi connectivity index (χ4n) is 1.39. The van der Waals surface area contributed by atoms with Crippen LogP contribution in [0, 0.1) is 0 Å². The van der Waals surface area contributed by atoms with Crippen LogP contribution in [-0.2, 0) is 21.2 Å². The molecule has 21 heavy (non-hydrogen) atoms. The molecule has 2 aromatic rings. The average Bonchev–Trinajstić information content (AvgIpc) is 2.92. The second-order valence-corrected chi connectivity index (χ2v) is 7.51. The normalized spacial score (nSPS) is 10.8. The van der Waals surface area contributed by atoms with Crippen LogP contribution in [0.5, 0.6) is 0 Å². The van der Waals surface area contributed by atoms with Gasteiger partial charge >= 0.3 is 0 Å². The van der Waals surface area contributed by atoms with Crippen molar-refractivity contribution in [2.45, 2.75) is 11.3 Å². The van der Waals surface area contributed by atoms with E-state index in [4.69, 9.17) is 5.73 Å². The maximum Gasteiger partial charge on any atom is 0.242 e. The molecule has 2 N–H and O–H groups in total. The van der Waals surface area contributed by atoms with Crippen molar-refractivity contribution in [2.75, 3.05) is 14.1 Å². The number of nitrogens with zero attached hydrogens (tertiary/aromatic N) is 1. The molecule has 5 nitrogen and oxygen atoms in total. The van der Waals surface area contributed by atoms with Gasteiger partial charge in [-0.05, 0) is 23.6 Å². The molecule has 0 saturated carbocycles. The summed E-state index contributed by atoms with van der Waals surface area (Å²) in [5.74, 6) is -0.266. The highest BCUT2D eigenvalue weighted by Crippen LogP contribution is 2.11. The van der Waals surface area contributed by atoms with Crippen LogP contribution in [0.3, 0.4) is 0 Å². The third-order valence-corrected chi connectivity index (χ3v) is 5.16. The number of rotatable bonds is 4. The molecule has 1 heterocycles. The number of primary amides is 1. The number of carbonyl (C=O) groups excluding carboxylic acids is 1. The number of thiophene rings is 1. The van der Waals surface area contributed by atoms with Gasteiger partial charge in [0, 0.05) is 19.0 Å². The minimum absolute atomic E-state index is 0.266. The molecule has 0 atom stereocenters. The lowest BCUT2D eigenvalue weighted by molar-refractivity contribution is -0.117. The summed E-state index contributed by atoms with van der Waals surface area (Å²) in [5.41, 5.74) is 4.95. The zero-order valence-electron chi connectivity index (χ0n) is 11.9. The molecule has 0 aliphatic heterocycles. The second kappa shape index (κ2) is 7.92. The molecule has 2 rings (SSSR count). The van der Waals surface area contributed by atoms with E-state index in [1.807, 2.05) is 17.5 Å². The molecule has 0 bridgehead atoms. The molecule has 1 amide bonds. The highest BCUT2D eigenvalue weighted by molar-refractivity contribution is 7.89. The molecular weight excluding hydrogens is 308 g/mol. The molecule has 0 aliphatic rings. The van der Waals surface area contributed by atoms with E-state index >= 15 is 0 Å². The van der Waals surface area contributed by atoms with Gasteiger partial charge in [0.1, 0.15) is 0 Å². The molecule has 0 spiro atoms. The smallest absolute Gasteiger partial charge is 0.242 e. The number of hydrogen-bond acceptors (Lipinski definition) is 4. The Bertz CT molecular complexity index is 651. The standard InChI is InChI=1S/C8H11NO2S.C6H7NOS/c1-9(2)12(10,11)8-6-4-3-5-7-8;7-6(8)4-5-2-1-3-9-5/h3-7H,1-2H3;1-3H,4H2,(H2,7,8). The zero-order valence-corrected chi connectivity index (χ0v) is 13.5. The van der Waals surface area contributed by atoms with Gasteiger partial charge < -0.3 is 5.73 Å². The van der Waals surface area contributed by atoms with Gasteiger partial charge in [0.25, 0.3) is 0 Å². The maximum atomic E-state index is 11.5. The van der Waals surface area contributed by atoms with Crippen molar-refractivity contribution < 1.29 is 13.2 Å². The van der Waals surface area contributed by atoms with Crippen LogP contribution in [0.2, 0.25) is 0 Å². The van der Waals surface area contributed by atoms with Crippen LogP contribution in [0.4, 0.5) is 0 Å². The largest absolute Gasteiger partial charge is 0.369 e. The summed E-state index contributed by atoms with van der Waals surface area (Å²) in [6.45, 7) is 0. The number of nitrogens with two attached hydrogens (primary N) is 1. The average molecular weight is 326 g/mol. The molecule has 0 saturated heterocycles. The first kappa shape index (κ1) is 17.4. The lowest BCUT2D eigenvalue weighted by Gasteiger charge is -2.10. The van der Waals surface area contributed by atoms with Gasteiger partial charge in [0.05, 0.1) is 11.3 Å². The maximum absolute atomic E-state index is 11.5. The van der Waals surface area contributed by atoms with E-state index in [-0.39, 0.29) is 5.91 Å². The number of hydrogen-bond donors (Lipinski definition) is 1. The van der Waals surface area contributed by atoms with Gasteiger partial charge in [-0.2, -0.15) is 0 Å². The summed E-state index contributed by atoms with van der Waals surface area (Å²) < 4.78 is 24.1. The van der Waals surface area contributed by atoms with Crippen molar-refractivity contribution in [1.29, 1.82) is 0 Å². The number of carbonyl (C=O) groups is 1. The quantitative estimate of drug-likeness (QED) is 0.929. The van der Waals surface area contributed by atoms with E-state index in [9.17, 15) is 13.2 Å². The molecular formula is C14H18N2O3S2. The zero-order chi connectivity index (χ0) is 15.9. The van der Waals surface area contributed by atoms with Crippen molar-refractivity contribution in [2.24, 2.45) is 5.73 Å². The van der Waals surface area contributed by atoms with Crippen LogP contribution in [0.15, 0.2) is 52.7 Å². The number of sulfonamides is 1. The van der Waals surface area contributed by atoms with Gasteiger partial charge in [0.2, 0.25) is 15.9 Å². The molecule has 1 aromatic carbocycles. The van der Waals surface area contributed by atoms with Crippen molar-refractivity contribution in [1.82, 2.24) is 4.31 Å². The Morgan fingerprint density at radius 3 is 2.19 bits per heavy atom. The van der Waals surface area contributed by atoms with Crippen LogP contribution in [0.1, 0.15) is 4.88 Å². The Kier molecular flexibility index (Phi) is 6.54. The first-order valence-corrected chi connectivity index (χ1v) is 8.44. The van der Waals surface area contributed by atoms with E-state index in [1.165, 1.54) is 18.4 Å². The third-order valence-electron chi connectivity index (χ3n) is 2.45. The summed E-state index contributed by atoms with van der Waals surface area (Å²) in [7, 11) is -0.211. The predicted octanol–water partition coefficient (Wildman–Crippen LogP) is 1.71. The molecule has 0 unspecified atom stereocenters. The molecule has 114 valence electrons. The third kappa shape index (κ3) is 5.66.